The first kappa shape index (κ1) is 11.0. The summed E-state index contributed by atoms with van der Waals surface area (Å²) in [5.74, 6) is -0.328. The van der Waals surface area contributed by atoms with Gasteiger partial charge in [0.1, 0.15) is 12.9 Å². The van der Waals surface area contributed by atoms with Crippen molar-refractivity contribution in [2.75, 3.05) is 6.54 Å². The molecule has 7 nitrogen and oxygen atoms in total. The van der Waals surface area contributed by atoms with Gasteiger partial charge in [-0.15, -0.1) is 0 Å². The highest BCUT2D eigenvalue weighted by Crippen LogP contribution is 1.78. The summed E-state index contributed by atoms with van der Waals surface area (Å²) in [6.07, 6.45) is 1.59. The zero-order valence-corrected chi connectivity index (χ0v) is 8.30. The van der Waals surface area contributed by atoms with Crippen molar-refractivity contribution in [3.05, 3.63) is 16.8 Å². The number of hydrogen-bond acceptors (Lipinski definition) is 4. The van der Waals surface area contributed by atoms with E-state index in [9.17, 15) is 9.59 Å². The van der Waals surface area contributed by atoms with Gasteiger partial charge in [-0.3, -0.25) is 9.36 Å². The summed E-state index contributed by atoms with van der Waals surface area (Å²) in [6.45, 7) is 0.169. The van der Waals surface area contributed by atoms with E-state index in [1.54, 1.807) is 7.05 Å². The molecule has 0 fully saturated rings. The number of rotatable bonds is 4. The quantitative estimate of drug-likeness (QED) is 0.618. The van der Waals surface area contributed by atoms with Gasteiger partial charge in [-0.05, 0) is 0 Å². The Balaban J connectivity index is 2.49. The van der Waals surface area contributed by atoms with Gasteiger partial charge >= 0.3 is 5.69 Å². The van der Waals surface area contributed by atoms with Crippen LogP contribution in [0.15, 0.2) is 11.1 Å². The van der Waals surface area contributed by atoms with E-state index in [1.807, 2.05) is 6.07 Å². The Hall–Kier alpha value is -2.10. The van der Waals surface area contributed by atoms with Gasteiger partial charge in [0.15, 0.2) is 0 Å². The molecule has 0 unspecified atom stereocenters. The molecule has 0 aromatic carbocycles. The van der Waals surface area contributed by atoms with Gasteiger partial charge in [0, 0.05) is 13.6 Å². The monoisotopic (exact) mass is 209 g/mol. The van der Waals surface area contributed by atoms with E-state index in [1.165, 1.54) is 10.9 Å². The topological polar surface area (TPSA) is 92.7 Å². The number of nitrogens with zero attached hydrogens (tertiary/aromatic N) is 4. The fraction of sp³-hybridized carbons (Fsp3) is 0.500. The Morgan fingerprint density at radius 2 is 2.47 bits per heavy atom. The van der Waals surface area contributed by atoms with Crippen LogP contribution in [0.3, 0.4) is 0 Å². The molecule has 1 amide bonds. The van der Waals surface area contributed by atoms with Crippen molar-refractivity contribution in [2.24, 2.45) is 7.05 Å². The number of aryl methyl sites for hydroxylation is 1. The Labute approximate surface area is 85.9 Å². The van der Waals surface area contributed by atoms with E-state index in [2.05, 4.69) is 10.4 Å². The normalized spacial score (nSPS) is 9.60. The summed E-state index contributed by atoms with van der Waals surface area (Å²) in [5, 5.41) is 14.5. The van der Waals surface area contributed by atoms with Crippen molar-refractivity contribution in [1.82, 2.24) is 19.7 Å². The van der Waals surface area contributed by atoms with Crippen LogP contribution < -0.4 is 11.0 Å². The minimum atomic E-state index is -0.342. The van der Waals surface area contributed by atoms with Crippen LogP contribution >= 0.6 is 0 Å². The number of nitriles is 1. The standard InChI is InChI=1S/C8H11N5O2/c1-12-6-11-13(8(12)15)5-7(14)10-4-2-3-9/h6H,2,4-5H2,1H3,(H,10,14). The molecule has 0 radical (unpaired) electrons. The van der Waals surface area contributed by atoms with E-state index >= 15 is 0 Å². The second-order valence-corrected chi connectivity index (χ2v) is 2.94. The van der Waals surface area contributed by atoms with Gasteiger partial charge in [0.2, 0.25) is 5.91 Å². The van der Waals surface area contributed by atoms with Gasteiger partial charge in [0.05, 0.1) is 12.5 Å². The molecule has 15 heavy (non-hydrogen) atoms. The van der Waals surface area contributed by atoms with Gasteiger partial charge in [-0.1, -0.05) is 0 Å². The first-order chi connectivity index (χ1) is 7.15. The summed E-state index contributed by atoms with van der Waals surface area (Å²) < 4.78 is 2.34. The Morgan fingerprint density at radius 1 is 1.73 bits per heavy atom. The SMILES string of the molecule is Cn1cnn(CC(=O)NCCC#N)c1=O. The molecule has 0 spiro atoms. The smallest absolute Gasteiger partial charge is 0.345 e. The maximum absolute atomic E-state index is 11.3. The highest BCUT2D eigenvalue weighted by atomic mass is 16.2. The maximum Gasteiger partial charge on any atom is 0.345 e. The lowest BCUT2D eigenvalue weighted by atomic mass is 10.4. The molecule has 0 atom stereocenters. The zero-order valence-electron chi connectivity index (χ0n) is 8.30. The molecule has 1 rings (SSSR count). The molecule has 0 bridgehead atoms. The van der Waals surface area contributed by atoms with Gasteiger partial charge < -0.3 is 5.32 Å². The summed E-state index contributed by atoms with van der Waals surface area (Å²) in [4.78, 5) is 22.5. The van der Waals surface area contributed by atoms with Crippen LogP contribution in [0.25, 0.3) is 0 Å². The minimum Gasteiger partial charge on any atom is -0.353 e. The molecule has 1 aromatic heterocycles. The third-order valence-corrected chi connectivity index (χ3v) is 1.74. The summed E-state index contributed by atoms with van der Waals surface area (Å²) >= 11 is 0. The second-order valence-electron chi connectivity index (χ2n) is 2.94. The predicted molar refractivity (Wildman–Crippen MR) is 50.7 cm³/mol. The van der Waals surface area contributed by atoms with Crippen LogP contribution in [-0.2, 0) is 18.4 Å². The first-order valence-corrected chi connectivity index (χ1v) is 4.37. The molecule has 0 saturated carbocycles. The molecule has 0 aliphatic rings. The predicted octanol–water partition coefficient (Wildman–Crippen LogP) is -1.39. The molecular weight excluding hydrogens is 198 g/mol. The number of carbonyl (C=O) groups is 1. The number of aromatic nitrogens is 3. The molecule has 0 aliphatic carbocycles. The number of nitrogens with one attached hydrogen (secondary N) is 1. The van der Waals surface area contributed by atoms with Crippen LogP contribution in [0, 0.1) is 11.3 Å². The number of carbonyl (C=O) groups excluding carboxylic acids is 1. The van der Waals surface area contributed by atoms with Crippen LogP contribution in [-0.4, -0.2) is 26.8 Å². The Kier molecular flexibility index (Phi) is 3.62. The molecule has 1 N–H and O–H groups in total. The third-order valence-electron chi connectivity index (χ3n) is 1.74. The number of hydrogen-bond donors (Lipinski definition) is 1. The summed E-state index contributed by atoms with van der Waals surface area (Å²) in [6, 6.07) is 1.90. The summed E-state index contributed by atoms with van der Waals surface area (Å²) in [5.41, 5.74) is -0.342. The largest absolute Gasteiger partial charge is 0.353 e. The van der Waals surface area contributed by atoms with Crippen molar-refractivity contribution in [2.45, 2.75) is 13.0 Å². The second kappa shape index (κ2) is 4.95. The van der Waals surface area contributed by atoms with Crippen molar-refractivity contribution in [3.8, 4) is 6.07 Å². The highest BCUT2D eigenvalue weighted by Gasteiger charge is 2.06. The Morgan fingerprint density at radius 3 is 3.00 bits per heavy atom. The van der Waals surface area contributed by atoms with Gasteiger partial charge in [-0.25, -0.2) is 9.48 Å². The third kappa shape index (κ3) is 2.95. The van der Waals surface area contributed by atoms with E-state index in [4.69, 9.17) is 5.26 Å². The lowest BCUT2D eigenvalue weighted by Crippen LogP contribution is -2.33. The maximum atomic E-state index is 11.3. The van der Waals surface area contributed by atoms with E-state index in [-0.39, 0.29) is 31.1 Å². The average molecular weight is 209 g/mol. The number of amides is 1. The van der Waals surface area contributed by atoms with Crippen molar-refractivity contribution >= 4 is 5.91 Å². The first-order valence-electron chi connectivity index (χ1n) is 4.37. The zero-order chi connectivity index (χ0) is 11.3. The van der Waals surface area contributed by atoms with Crippen LogP contribution in [0.4, 0.5) is 0 Å². The molecular formula is C8H11N5O2. The lowest BCUT2D eigenvalue weighted by Gasteiger charge is -2.01. The fourth-order valence-electron chi connectivity index (χ4n) is 0.979. The molecule has 0 aliphatic heterocycles. The summed E-state index contributed by atoms with van der Waals surface area (Å²) in [7, 11) is 1.55. The average Bonchev–Trinajstić information content (AvgIpc) is 2.50. The lowest BCUT2D eigenvalue weighted by molar-refractivity contribution is -0.121. The van der Waals surface area contributed by atoms with Crippen molar-refractivity contribution in [3.63, 3.8) is 0 Å². The van der Waals surface area contributed by atoms with Crippen molar-refractivity contribution in [1.29, 1.82) is 5.26 Å². The molecule has 80 valence electrons. The van der Waals surface area contributed by atoms with Crippen LogP contribution in [0.2, 0.25) is 0 Å². The van der Waals surface area contributed by atoms with Gasteiger partial charge in [-0.2, -0.15) is 10.4 Å². The van der Waals surface area contributed by atoms with Gasteiger partial charge in [0.25, 0.3) is 0 Å². The minimum absolute atomic E-state index is 0.120. The molecule has 1 aromatic rings. The fourth-order valence-corrected chi connectivity index (χ4v) is 0.979. The van der Waals surface area contributed by atoms with Crippen molar-refractivity contribution < 1.29 is 4.79 Å². The molecule has 7 heteroatoms. The Bertz CT molecular complexity index is 439. The van der Waals surface area contributed by atoms with Crippen LogP contribution in [0.5, 0.6) is 0 Å². The van der Waals surface area contributed by atoms with E-state index in [0.29, 0.717) is 0 Å². The molecule has 0 saturated heterocycles. The van der Waals surface area contributed by atoms with Crippen LogP contribution in [0.1, 0.15) is 6.42 Å². The highest BCUT2D eigenvalue weighted by molar-refractivity contribution is 5.75. The molecule has 1 heterocycles. The van der Waals surface area contributed by atoms with E-state index in [0.717, 1.165) is 4.68 Å². The van der Waals surface area contributed by atoms with E-state index < -0.39 is 0 Å².